The van der Waals surface area contributed by atoms with Crippen molar-refractivity contribution in [1.29, 1.82) is 0 Å². The Morgan fingerprint density at radius 3 is 2.55 bits per heavy atom. The first kappa shape index (κ1) is 23.2. The van der Waals surface area contributed by atoms with E-state index in [1.54, 1.807) is 6.92 Å². The summed E-state index contributed by atoms with van der Waals surface area (Å²) in [6.45, 7) is 5.10. The van der Waals surface area contributed by atoms with Crippen molar-refractivity contribution in [2.75, 3.05) is 26.4 Å². The van der Waals surface area contributed by atoms with Crippen LogP contribution in [0, 0.1) is 6.92 Å². The minimum absolute atomic E-state index is 0.108. The molecule has 2 aromatic carbocycles. The van der Waals surface area contributed by atoms with Crippen LogP contribution < -0.4 is 4.74 Å². The number of hydrogen-bond acceptors (Lipinski definition) is 6. The van der Waals surface area contributed by atoms with Gasteiger partial charge < -0.3 is 18.9 Å². The Morgan fingerprint density at radius 2 is 1.85 bits per heavy atom. The van der Waals surface area contributed by atoms with E-state index in [1.165, 1.54) is 0 Å². The highest BCUT2D eigenvalue weighted by atomic mass is 35.5. The molecule has 1 aliphatic heterocycles. The number of carbonyl (C=O) groups excluding carboxylic acids is 1. The zero-order valence-corrected chi connectivity index (χ0v) is 19.4. The molecule has 1 aromatic heterocycles. The second kappa shape index (κ2) is 10.3. The maximum Gasteiger partial charge on any atom is 0.332 e. The lowest BCUT2D eigenvalue weighted by atomic mass is 9.91. The highest BCUT2D eigenvalue weighted by Gasteiger charge is 2.42. The zero-order valence-electron chi connectivity index (χ0n) is 18.7. The van der Waals surface area contributed by atoms with E-state index in [-0.39, 0.29) is 12.6 Å². The fourth-order valence-corrected chi connectivity index (χ4v) is 3.80. The minimum Gasteiger partial charge on any atom is -0.487 e. The van der Waals surface area contributed by atoms with Crippen molar-refractivity contribution in [2.45, 2.75) is 26.1 Å². The van der Waals surface area contributed by atoms with Crippen LogP contribution in [-0.2, 0) is 31.2 Å². The highest BCUT2D eigenvalue weighted by Crippen LogP contribution is 2.35. The first-order valence-electron chi connectivity index (χ1n) is 10.8. The minimum atomic E-state index is -0.629. The smallest absolute Gasteiger partial charge is 0.332 e. The molecule has 0 saturated carbocycles. The largest absolute Gasteiger partial charge is 0.487 e. The first-order valence-corrected chi connectivity index (χ1v) is 11.2. The van der Waals surface area contributed by atoms with Gasteiger partial charge in [-0.15, -0.1) is 0 Å². The van der Waals surface area contributed by atoms with Gasteiger partial charge in [0.15, 0.2) is 0 Å². The number of nitrogens with zero attached hydrogens (tertiary/aromatic N) is 1. The normalized spacial score (nSPS) is 14.4. The summed E-state index contributed by atoms with van der Waals surface area (Å²) in [5.41, 5.74) is 3.98. The van der Waals surface area contributed by atoms with E-state index in [0.29, 0.717) is 32.2 Å². The number of halogens is 1. The molecular formula is C26H26ClNO5. The van der Waals surface area contributed by atoms with Gasteiger partial charge in [0.05, 0.1) is 31.2 Å². The highest BCUT2D eigenvalue weighted by molar-refractivity contribution is 6.31. The number of hydrogen-bond donors (Lipinski definition) is 0. The summed E-state index contributed by atoms with van der Waals surface area (Å²) < 4.78 is 22.1. The SMILES string of the molecule is CCOC(=O)COC1(c2ccc(OCc3cccc(-c4cccc(Cl)c4C)n3)cc2)COC1. The third-order valence-electron chi connectivity index (χ3n) is 5.56. The summed E-state index contributed by atoms with van der Waals surface area (Å²) in [7, 11) is 0. The number of aromatic nitrogens is 1. The quantitative estimate of drug-likeness (QED) is 0.408. The van der Waals surface area contributed by atoms with Gasteiger partial charge in [0.2, 0.25) is 0 Å². The van der Waals surface area contributed by atoms with Crippen molar-refractivity contribution in [2.24, 2.45) is 0 Å². The molecule has 7 heteroatoms. The van der Waals surface area contributed by atoms with Crippen LogP contribution in [0.3, 0.4) is 0 Å². The Balaban J connectivity index is 1.40. The Morgan fingerprint density at radius 1 is 1.09 bits per heavy atom. The molecule has 2 heterocycles. The van der Waals surface area contributed by atoms with Crippen LogP contribution in [0.5, 0.6) is 5.75 Å². The molecule has 0 atom stereocenters. The van der Waals surface area contributed by atoms with Crippen molar-refractivity contribution in [3.63, 3.8) is 0 Å². The maximum atomic E-state index is 11.7. The van der Waals surface area contributed by atoms with Gasteiger partial charge in [-0.05, 0) is 55.3 Å². The van der Waals surface area contributed by atoms with Crippen LogP contribution in [-0.4, -0.2) is 37.4 Å². The van der Waals surface area contributed by atoms with E-state index in [0.717, 1.165) is 33.1 Å². The van der Waals surface area contributed by atoms with E-state index in [1.807, 2.05) is 67.6 Å². The van der Waals surface area contributed by atoms with Crippen molar-refractivity contribution < 1.29 is 23.7 Å². The molecule has 4 rings (SSSR count). The molecule has 3 aromatic rings. The average Bonchev–Trinajstić information content (AvgIpc) is 2.80. The van der Waals surface area contributed by atoms with Gasteiger partial charge in [0.25, 0.3) is 0 Å². The molecule has 172 valence electrons. The summed E-state index contributed by atoms with van der Waals surface area (Å²) >= 11 is 6.26. The lowest BCUT2D eigenvalue weighted by molar-refractivity contribution is -0.221. The summed E-state index contributed by atoms with van der Waals surface area (Å²) in [6, 6.07) is 19.3. The van der Waals surface area contributed by atoms with Crippen LogP contribution in [0.4, 0.5) is 0 Å². The number of esters is 1. The standard InChI is InChI=1S/C26H26ClNO5/c1-3-31-25(29)15-33-26(16-30-17-26)19-10-12-21(13-11-19)32-14-20-6-4-9-24(28-20)22-7-5-8-23(27)18(22)2/h4-13H,3,14-17H2,1-2H3. The molecule has 1 saturated heterocycles. The van der Waals surface area contributed by atoms with E-state index in [9.17, 15) is 4.79 Å². The van der Waals surface area contributed by atoms with Gasteiger partial charge in [-0.2, -0.15) is 0 Å². The molecule has 0 unspecified atom stereocenters. The number of benzene rings is 2. The Kier molecular flexibility index (Phi) is 7.28. The Labute approximate surface area is 198 Å². The van der Waals surface area contributed by atoms with E-state index in [2.05, 4.69) is 0 Å². The number of rotatable bonds is 9. The number of ether oxygens (including phenoxy) is 4. The third kappa shape index (κ3) is 5.36. The molecule has 0 aliphatic carbocycles. The monoisotopic (exact) mass is 467 g/mol. The topological polar surface area (TPSA) is 66.9 Å². The summed E-state index contributed by atoms with van der Waals surface area (Å²) in [5.74, 6) is 0.331. The average molecular weight is 468 g/mol. The Bertz CT molecular complexity index is 1110. The lowest BCUT2D eigenvalue weighted by Crippen LogP contribution is -2.49. The predicted octanol–water partition coefficient (Wildman–Crippen LogP) is 5.09. The van der Waals surface area contributed by atoms with Crippen LogP contribution in [0.15, 0.2) is 60.7 Å². The van der Waals surface area contributed by atoms with Crippen LogP contribution in [0.1, 0.15) is 23.7 Å². The van der Waals surface area contributed by atoms with E-state index < -0.39 is 5.60 Å². The lowest BCUT2D eigenvalue weighted by Gasteiger charge is -2.41. The molecule has 0 bridgehead atoms. The van der Waals surface area contributed by atoms with Gasteiger partial charge in [-0.1, -0.05) is 41.9 Å². The molecular weight excluding hydrogens is 442 g/mol. The van der Waals surface area contributed by atoms with E-state index in [4.69, 9.17) is 35.5 Å². The molecule has 33 heavy (non-hydrogen) atoms. The summed E-state index contributed by atoms with van der Waals surface area (Å²) in [5, 5.41) is 0.719. The number of carbonyl (C=O) groups is 1. The molecule has 0 radical (unpaired) electrons. The molecule has 6 nitrogen and oxygen atoms in total. The third-order valence-corrected chi connectivity index (χ3v) is 5.97. The fourth-order valence-electron chi connectivity index (χ4n) is 3.63. The second-order valence-electron chi connectivity index (χ2n) is 7.82. The van der Waals surface area contributed by atoms with Crippen molar-refractivity contribution in [3.05, 3.63) is 82.5 Å². The van der Waals surface area contributed by atoms with Crippen molar-refractivity contribution in [1.82, 2.24) is 4.98 Å². The van der Waals surface area contributed by atoms with Gasteiger partial charge in [0.1, 0.15) is 24.6 Å². The zero-order chi connectivity index (χ0) is 23.3. The summed E-state index contributed by atoms with van der Waals surface area (Å²) in [6.07, 6.45) is 0. The maximum absolute atomic E-state index is 11.7. The number of pyridine rings is 1. The van der Waals surface area contributed by atoms with Gasteiger partial charge in [0, 0.05) is 10.6 Å². The van der Waals surface area contributed by atoms with Gasteiger partial charge in [-0.3, -0.25) is 0 Å². The molecule has 1 fully saturated rings. The Hall–Kier alpha value is -2.93. The van der Waals surface area contributed by atoms with Crippen LogP contribution in [0.2, 0.25) is 5.02 Å². The van der Waals surface area contributed by atoms with E-state index >= 15 is 0 Å². The molecule has 0 spiro atoms. The van der Waals surface area contributed by atoms with Crippen molar-refractivity contribution in [3.8, 4) is 17.0 Å². The van der Waals surface area contributed by atoms with Crippen LogP contribution in [0.25, 0.3) is 11.3 Å². The molecule has 0 amide bonds. The van der Waals surface area contributed by atoms with Crippen LogP contribution >= 0.6 is 11.6 Å². The van der Waals surface area contributed by atoms with Gasteiger partial charge >= 0.3 is 5.97 Å². The van der Waals surface area contributed by atoms with Crippen molar-refractivity contribution >= 4 is 17.6 Å². The first-order chi connectivity index (χ1) is 16.0. The molecule has 1 aliphatic rings. The summed E-state index contributed by atoms with van der Waals surface area (Å²) in [4.78, 5) is 16.4. The van der Waals surface area contributed by atoms with Gasteiger partial charge in [-0.25, -0.2) is 9.78 Å². The fraction of sp³-hybridized carbons (Fsp3) is 0.308. The second-order valence-corrected chi connectivity index (χ2v) is 8.23. The molecule has 0 N–H and O–H groups in total. The predicted molar refractivity (Wildman–Crippen MR) is 125 cm³/mol.